The topological polar surface area (TPSA) is 61.7 Å². The number of hydrogen-bond acceptors (Lipinski definition) is 5. The Hall–Kier alpha value is -3.46. The van der Waals surface area contributed by atoms with Crippen LogP contribution in [0.15, 0.2) is 76.5 Å². The van der Waals surface area contributed by atoms with Crippen molar-refractivity contribution in [3.8, 4) is 17.1 Å². The van der Waals surface area contributed by atoms with Crippen LogP contribution >= 0.6 is 11.8 Å². The molecule has 0 saturated carbocycles. The Balaban J connectivity index is 1.60. The summed E-state index contributed by atoms with van der Waals surface area (Å²) in [4.78, 5) is 4.49. The largest absolute Gasteiger partial charge is 0.469 e. The first kappa shape index (κ1) is 20.4. The van der Waals surface area contributed by atoms with Crippen LogP contribution in [-0.4, -0.2) is 24.3 Å². The first-order chi connectivity index (χ1) is 15.5. The maximum absolute atomic E-state index is 13.9. The SMILES string of the molecule is Cc1occc1-c1nnc(SC(C)c2nc3ccccc3n2C(F)F)n1-c1ccccc1. The average molecular weight is 452 g/mol. The molecule has 2 aromatic carbocycles. The Morgan fingerprint density at radius 1 is 0.969 bits per heavy atom. The highest BCUT2D eigenvalue weighted by Gasteiger charge is 2.26. The monoisotopic (exact) mass is 451 g/mol. The van der Waals surface area contributed by atoms with E-state index in [4.69, 9.17) is 4.42 Å². The molecule has 0 spiro atoms. The van der Waals surface area contributed by atoms with Crippen LogP contribution in [0.3, 0.4) is 0 Å². The molecule has 0 aliphatic rings. The number of imidazole rings is 1. The second-order valence-corrected chi connectivity index (χ2v) is 8.54. The molecule has 32 heavy (non-hydrogen) atoms. The Morgan fingerprint density at radius 3 is 2.44 bits per heavy atom. The van der Waals surface area contributed by atoms with Crippen molar-refractivity contribution >= 4 is 22.8 Å². The maximum atomic E-state index is 13.9. The van der Waals surface area contributed by atoms with E-state index in [1.165, 1.54) is 11.8 Å². The summed E-state index contributed by atoms with van der Waals surface area (Å²) in [6.07, 6.45) is 1.61. The summed E-state index contributed by atoms with van der Waals surface area (Å²) in [5.41, 5.74) is 2.63. The molecule has 0 radical (unpaired) electrons. The zero-order chi connectivity index (χ0) is 22.2. The minimum absolute atomic E-state index is 0.287. The molecule has 3 heterocycles. The van der Waals surface area contributed by atoms with Crippen molar-refractivity contribution in [2.75, 3.05) is 0 Å². The van der Waals surface area contributed by atoms with E-state index in [0.29, 0.717) is 22.0 Å². The summed E-state index contributed by atoms with van der Waals surface area (Å²) in [6.45, 7) is 1.01. The van der Waals surface area contributed by atoms with Gasteiger partial charge in [0.2, 0.25) is 0 Å². The van der Waals surface area contributed by atoms with Gasteiger partial charge in [-0.1, -0.05) is 42.1 Å². The first-order valence-electron chi connectivity index (χ1n) is 10.0. The lowest BCUT2D eigenvalue weighted by atomic mass is 10.2. The number of aryl methyl sites for hydroxylation is 1. The molecule has 0 fully saturated rings. The third kappa shape index (κ3) is 3.48. The van der Waals surface area contributed by atoms with Gasteiger partial charge in [0.1, 0.15) is 11.6 Å². The number of nitrogens with zero attached hydrogens (tertiary/aromatic N) is 5. The highest BCUT2D eigenvalue weighted by atomic mass is 32.2. The molecule has 162 valence electrons. The third-order valence-corrected chi connectivity index (χ3v) is 6.25. The van der Waals surface area contributed by atoms with Gasteiger partial charge in [0, 0.05) is 5.69 Å². The van der Waals surface area contributed by atoms with E-state index in [1.54, 1.807) is 30.5 Å². The minimum atomic E-state index is -2.70. The molecular weight excluding hydrogens is 432 g/mol. The quantitative estimate of drug-likeness (QED) is 0.278. The number of para-hydroxylation sites is 3. The summed E-state index contributed by atoms with van der Waals surface area (Å²) in [7, 11) is 0. The van der Waals surface area contributed by atoms with Crippen LogP contribution < -0.4 is 0 Å². The molecule has 0 amide bonds. The Bertz CT molecular complexity index is 1380. The number of fused-ring (bicyclic) bond motifs is 1. The van der Waals surface area contributed by atoms with Crippen LogP contribution in [0.1, 0.15) is 30.3 Å². The van der Waals surface area contributed by atoms with Crippen molar-refractivity contribution < 1.29 is 13.2 Å². The molecule has 0 N–H and O–H groups in total. The minimum Gasteiger partial charge on any atom is -0.469 e. The van der Waals surface area contributed by atoms with E-state index in [2.05, 4.69) is 15.2 Å². The van der Waals surface area contributed by atoms with Gasteiger partial charge in [0.25, 0.3) is 0 Å². The molecule has 0 aliphatic heterocycles. The van der Waals surface area contributed by atoms with E-state index < -0.39 is 11.8 Å². The van der Waals surface area contributed by atoms with Gasteiger partial charge in [-0.05, 0) is 44.2 Å². The second-order valence-electron chi connectivity index (χ2n) is 7.23. The van der Waals surface area contributed by atoms with E-state index in [9.17, 15) is 8.78 Å². The Labute approximate surface area is 186 Å². The lowest BCUT2D eigenvalue weighted by Gasteiger charge is -2.15. The lowest BCUT2D eigenvalue weighted by molar-refractivity contribution is 0.0715. The molecule has 6 nitrogen and oxygen atoms in total. The fourth-order valence-corrected chi connectivity index (χ4v) is 4.69. The highest BCUT2D eigenvalue weighted by Crippen LogP contribution is 2.39. The summed E-state index contributed by atoms with van der Waals surface area (Å²) in [5.74, 6) is 1.63. The molecule has 0 aliphatic carbocycles. The first-order valence-corrected chi connectivity index (χ1v) is 10.9. The molecule has 3 aromatic heterocycles. The molecule has 0 bridgehead atoms. The summed E-state index contributed by atoms with van der Waals surface area (Å²) in [6, 6.07) is 18.4. The van der Waals surface area contributed by atoms with Gasteiger partial charge < -0.3 is 4.42 Å². The fraction of sp³-hybridized carbons (Fsp3) is 0.174. The smallest absolute Gasteiger partial charge is 0.320 e. The molecule has 0 saturated heterocycles. The van der Waals surface area contributed by atoms with E-state index in [1.807, 2.05) is 54.8 Å². The number of alkyl halides is 2. The highest BCUT2D eigenvalue weighted by molar-refractivity contribution is 7.99. The van der Waals surface area contributed by atoms with Crippen molar-refractivity contribution in [1.82, 2.24) is 24.3 Å². The number of halogens is 2. The third-order valence-electron chi connectivity index (χ3n) is 5.21. The van der Waals surface area contributed by atoms with Crippen LogP contribution in [0.25, 0.3) is 28.1 Å². The second kappa shape index (κ2) is 8.23. The summed E-state index contributed by atoms with van der Waals surface area (Å²) >= 11 is 1.33. The molecule has 1 unspecified atom stereocenters. The summed E-state index contributed by atoms with van der Waals surface area (Å²) < 4.78 is 36.2. The van der Waals surface area contributed by atoms with Crippen LogP contribution in [-0.2, 0) is 0 Å². The molecule has 9 heteroatoms. The van der Waals surface area contributed by atoms with E-state index >= 15 is 0 Å². The fourth-order valence-electron chi connectivity index (χ4n) is 3.71. The maximum Gasteiger partial charge on any atom is 0.320 e. The van der Waals surface area contributed by atoms with Crippen molar-refractivity contribution in [3.05, 3.63) is 78.5 Å². The predicted molar refractivity (Wildman–Crippen MR) is 119 cm³/mol. The van der Waals surface area contributed by atoms with Crippen LogP contribution in [0.4, 0.5) is 8.78 Å². The molecule has 5 rings (SSSR count). The van der Waals surface area contributed by atoms with Gasteiger partial charge in [0.15, 0.2) is 11.0 Å². The summed E-state index contributed by atoms with van der Waals surface area (Å²) in [5, 5.41) is 8.97. The van der Waals surface area contributed by atoms with Crippen molar-refractivity contribution in [1.29, 1.82) is 0 Å². The van der Waals surface area contributed by atoms with Crippen LogP contribution in [0, 0.1) is 6.92 Å². The van der Waals surface area contributed by atoms with Gasteiger partial charge in [-0.15, -0.1) is 10.2 Å². The number of furan rings is 1. The lowest BCUT2D eigenvalue weighted by Crippen LogP contribution is -2.07. The Kier molecular flexibility index (Phi) is 5.26. The van der Waals surface area contributed by atoms with Crippen molar-refractivity contribution in [2.24, 2.45) is 0 Å². The zero-order valence-corrected chi connectivity index (χ0v) is 18.1. The standard InChI is InChI=1S/C23H19F2N5OS/c1-14-17(12-13-31-14)21-27-28-23(29(21)16-8-4-3-5-9-16)32-15(2)20-26-18-10-6-7-11-19(18)30(20)22(24)25/h3-13,15,22H,1-2H3. The Morgan fingerprint density at radius 2 is 1.72 bits per heavy atom. The number of hydrogen-bond donors (Lipinski definition) is 0. The number of benzene rings is 2. The van der Waals surface area contributed by atoms with Gasteiger partial charge in [-0.25, -0.2) is 4.98 Å². The van der Waals surface area contributed by atoms with Gasteiger partial charge in [0.05, 0.1) is 28.1 Å². The average Bonchev–Trinajstić information content (AvgIpc) is 3.50. The molecule has 1 atom stereocenters. The normalized spacial score (nSPS) is 12.7. The number of thioether (sulfide) groups is 1. The van der Waals surface area contributed by atoms with Crippen LogP contribution in [0.5, 0.6) is 0 Å². The van der Waals surface area contributed by atoms with E-state index in [0.717, 1.165) is 21.6 Å². The van der Waals surface area contributed by atoms with Crippen molar-refractivity contribution in [3.63, 3.8) is 0 Å². The molecule has 5 aromatic rings. The number of aromatic nitrogens is 5. The van der Waals surface area contributed by atoms with Crippen molar-refractivity contribution in [2.45, 2.75) is 30.8 Å². The van der Waals surface area contributed by atoms with Gasteiger partial charge in [-0.2, -0.15) is 8.78 Å². The van der Waals surface area contributed by atoms with Gasteiger partial charge in [-0.3, -0.25) is 9.13 Å². The molecular formula is C23H19F2N5OS. The van der Waals surface area contributed by atoms with Crippen LogP contribution in [0.2, 0.25) is 0 Å². The van der Waals surface area contributed by atoms with E-state index in [-0.39, 0.29) is 5.82 Å². The zero-order valence-electron chi connectivity index (χ0n) is 17.3. The predicted octanol–water partition coefficient (Wildman–Crippen LogP) is 6.43. The van der Waals surface area contributed by atoms with Gasteiger partial charge >= 0.3 is 6.55 Å². The number of rotatable bonds is 6.